The van der Waals surface area contributed by atoms with E-state index in [4.69, 9.17) is 0 Å². The van der Waals surface area contributed by atoms with Crippen molar-refractivity contribution in [3.63, 3.8) is 0 Å². The first-order valence-corrected chi connectivity index (χ1v) is 10.6. The number of anilines is 1. The van der Waals surface area contributed by atoms with Gasteiger partial charge in [0.1, 0.15) is 11.5 Å². The Hall–Kier alpha value is -2.99. The summed E-state index contributed by atoms with van der Waals surface area (Å²) in [5, 5.41) is 0. The number of halogens is 1. The first-order valence-electron chi connectivity index (χ1n) is 10.6. The lowest BCUT2D eigenvalue weighted by molar-refractivity contribution is -0.120. The molecule has 1 saturated heterocycles. The molecule has 31 heavy (non-hydrogen) atoms. The van der Waals surface area contributed by atoms with Gasteiger partial charge in [0.05, 0.1) is 11.3 Å². The van der Waals surface area contributed by atoms with Crippen LogP contribution < -0.4 is 4.90 Å². The molecule has 0 bridgehead atoms. The fourth-order valence-corrected chi connectivity index (χ4v) is 4.60. The van der Waals surface area contributed by atoms with Gasteiger partial charge in [-0.05, 0) is 87.8 Å². The molecule has 0 saturated carbocycles. The second-order valence-corrected chi connectivity index (χ2v) is 8.67. The van der Waals surface area contributed by atoms with E-state index >= 15 is 0 Å². The summed E-state index contributed by atoms with van der Waals surface area (Å²) in [4.78, 5) is 32.7. The number of carbonyl (C=O) groups excluding carboxylic acids is 2. The van der Waals surface area contributed by atoms with Gasteiger partial charge < -0.3 is 9.80 Å². The van der Waals surface area contributed by atoms with Crippen molar-refractivity contribution in [2.45, 2.75) is 32.7 Å². The van der Waals surface area contributed by atoms with Gasteiger partial charge in [0.2, 0.25) is 0 Å². The van der Waals surface area contributed by atoms with E-state index in [0.717, 1.165) is 37.1 Å². The summed E-state index contributed by atoms with van der Waals surface area (Å²) in [6, 6.07) is 11.7. The van der Waals surface area contributed by atoms with Crippen molar-refractivity contribution >= 4 is 23.1 Å². The molecule has 162 valence electrons. The molecular formula is C25H28FN3O2. The molecule has 0 atom stereocenters. The summed E-state index contributed by atoms with van der Waals surface area (Å²) >= 11 is 0. The number of benzene rings is 2. The van der Waals surface area contributed by atoms with Crippen LogP contribution in [0, 0.1) is 19.7 Å². The number of aryl methyl sites for hydroxylation is 2. The molecule has 2 amide bonds. The summed E-state index contributed by atoms with van der Waals surface area (Å²) < 4.78 is 13.6. The lowest BCUT2D eigenvalue weighted by Gasteiger charge is -2.36. The number of piperidine rings is 1. The van der Waals surface area contributed by atoms with Crippen LogP contribution in [0.1, 0.15) is 29.5 Å². The lowest BCUT2D eigenvalue weighted by Crippen LogP contribution is -2.43. The minimum Gasteiger partial charge on any atom is -0.366 e. The van der Waals surface area contributed by atoms with Crippen LogP contribution in [0.2, 0.25) is 0 Å². The Morgan fingerprint density at radius 2 is 1.52 bits per heavy atom. The summed E-state index contributed by atoms with van der Waals surface area (Å²) in [6.07, 6.45) is 1.83. The van der Waals surface area contributed by atoms with Crippen LogP contribution in [0.15, 0.2) is 48.2 Å². The average molecular weight is 422 g/mol. The van der Waals surface area contributed by atoms with E-state index in [1.807, 2.05) is 44.0 Å². The molecular weight excluding hydrogens is 393 g/mol. The third-order valence-corrected chi connectivity index (χ3v) is 6.25. The molecule has 0 N–H and O–H groups in total. The van der Waals surface area contributed by atoms with E-state index in [-0.39, 0.29) is 23.7 Å². The fraction of sp³-hybridized carbons (Fsp3) is 0.360. The number of hydrogen-bond donors (Lipinski definition) is 0. The van der Waals surface area contributed by atoms with Crippen molar-refractivity contribution in [2.24, 2.45) is 0 Å². The SMILES string of the molecule is Cc1cc(C)cc(N2C(=O)C(c3ccc(F)cc3)=C(N(C)C3CCN(C)CC3)C2=O)c1. The van der Waals surface area contributed by atoms with Crippen LogP contribution in [0.25, 0.3) is 5.57 Å². The van der Waals surface area contributed by atoms with Crippen LogP contribution in [0.4, 0.5) is 10.1 Å². The first kappa shape index (κ1) is 21.2. The van der Waals surface area contributed by atoms with Gasteiger partial charge in [-0.3, -0.25) is 9.59 Å². The molecule has 5 nitrogen and oxygen atoms in total. The number of likely N-dealkylation sites (tertiary alicyclic amines) is 1. The number of imide groups is 1. The molecule has 2 aromatic rings. The Balaban J connectivity index is 1.80. The molecule has 6 heteroatoms. The summed E-state index contributed by atoms with van der Waals surface area (Å²) in [6.45, 7) is 5.77. The lowest BCUT2D eigenvalue weighted by atomic mass is 10.00. The highest BCUT2D eigenvalue weighted by Crippen LogP contribution is 2.36. The van der Waals surface area contributed by atoms with Gasteiger partial charge in [0, 0.05) is 13.1 Å². The smallest absolute Gasteiger partial charge is 0.282 e. The number of hydrogen-bond acceptors (Lipinski definition) is 4. The third-order valence-electron chi connectivity index (χ3n) is 6.25. The molecule has 0 spiro atoms. The third kappa shape index (κ3) is 4.00. The van der Waals surface area contributed by atoms with Crippen molar-refractivity contribution in [1.82, 2.24) is 9.80 Å². The molecule has 0 aromatic heterocycles. The first-order chi connectivity index (χ1) is 14.8. The highest BCUT2D eigenvalue weighted by molar-refractivity contribution is 6.45. The molecule has 2 aliphatic heterocycles. The Morgan fingerprint density at radius 3 is 2.10 bits per heavy atom. The van der Waals surface area contributed by atoms with E-state index in [1.54, 1.807) is 12.1 Å². The Labute approximate surface area is 182 Å². The van der Waals surface area contributed by atoms with Gasteiger partial charge in [-0.1, -0.05) is 18.2 Å². The van der Waals surface area contributed by atoms with E-state index in [0.29, 0.717) is 22.5 Å². The maximum atomic E-state index is 13.7. The second-order valence-electron chi connectivity index (χ2n) is 8.67. The molecule has 4 rings (SSSR count). The molecule has 2 aromatic carbocycles. The van der Waals surface area contributed by atoms with Gasteiger partial charge in [-0.2, -0.15) is 0 Å². The number of rotatable bonds is 4. The van der Waals surface area contributed by atoms with E-state index in [1.165, 1.54) is 17.0 Å². The number of amides is 2. The molecule has 0 radical (unpaired) electrons. The maximum Gasteiger partial charge on any atom is 0.282 e. The van der Waals surface area contributed by atoms with Crippen LogP contribution in [0.5, 0.6) is 0 Å². The zero-order chi connectivity index (χ0) is 22.3. The van der Waals surface area contributed by atoms with Gasteiger partial charge in [-0.25, -0.2) is 9.29 Å². The Bertz CT molecular complexity index is 1030. The van der Waals surface area contributed by atoms with Gasteiger partial charge in [-0.15, -0.1) is 0 Å². The van der Waals surface area contributed by atoms with Crippen LogP contribution in [0.3, 0.4) is 0 Å². The minimum atomic E-state index is -0.377. The predicted octanol–water partition coefficient (Wildman–Crippen LogP) is 3.75. The highest BCUT2D eigenvalue weighted by Gasteiger charge is 2.43. The highest BCUT2D eigenvalue weighted by atomic mass is 19.1. The maximum absolute atomic E-state index is 13.7. The van der Waals surface area contributed by atoms with Crippen LogP contribution in [-0.4, -0.2) is 54.8 Å². The summed E-state index contributed by atoms with van der Waals surface area (Å²) in [5.74, 6) is -1.07. The van der Waals surface area contributed by atoms with Gasteiger partial charge in [0.25, 0.3) is 11.8 Å². The predicted molar refractivity (Wildman–Crippen MR) is 120 cm³/mol. The van der Waals surface area contributed by atoms with Crippen LogP contribution in [-0.2, 0) is 9.59 Å². The zero-order valence-electron chi connectivity index (χ0n) is 18.5. The monoisotopic (exact) mass is 421 g/mol. The summed E-state index contributed by atoms with van der Waals surface area (Å²) in [5.41, 5.74) is 3.82. The molecule has 0 aliphatic carbocycles. The molecule has 2 heterocycles. The minimum absolute atomic E-state index is 0.164. The average Bonchev–Trinajstić information content (AvgIpc) is 2.98. The quantitative estimate of drug-likeness (QED) is 0.706. The fourth-order valence-electron chi connectivity index (χ4n) is 4.60. The normalized spacial score (nSPS) is 18.3. The van der Waals surface area contributed by atoms with E-state index in [2.05, 4.69) is 11.9 Å². The second kappa shape index (κ2) is 8.27. The Morgan fingerprint density at radius 1 is 0.935 bits per heavy atom. The largest absolute Gasteiger partial charge is 0.366 e. The number of likely N-dealkylation sites (N-methyl/N-ethyl adjacent to an activating group) is 1. The molecule has 1 fully saturated rings. The van der Waals surface area contributed by atoms with Crippen molar-refractivity contribution in [3.8, 4) is 0 Å². The zero-order valence-corrected chi connectivity index (χ0v) is 18.5. The Kier molecular flexibility index (Phi) is 5.67. The van der Waals surface area contributed by atoms with Gasteiger partial charge >= 0.3 is 0 Å². The van der Waals surface area contributed by atoms with Crippen molar-refractivity contribution in [2.75, 3.05) is 32.1 Å². The molecule has 0 unspecified atom stereocenters. The van der Waals surface area contributed by atoms with Crippen molar-refractivity contribution < 1.29 is 14.0 Å². The van der Waals surface area contributed by atoms with E-state index in [9.17, 15) is 14.0 Å². The standard InChI is InChI=1S/C25H28FN3O2/c1-16-13-17(2)15-21(14-16)29-24(30)22(18-5-7-19(26)8-6-18)23(25(29)31)28(4)20-9-11-27(3)12-10-20/h5-8,13-15,20H,9-12H2,1-4H3. The molecule has 2 aliphatic rings. The van der Waals surface area contributed by atoms with Crippen molar-refractivity contribution in [1.29, 1.82) is 0 Å². The summed E-state index contributed by atoms with van der Waals surface area (Å²) in [7, 11) is 3.98. The number of carbonyl (C=O) groups is 2. The number of nitrogens with zero attached hydrogens (tertiary/aromatic N) is 3. The topological polar surface area (TPSA) is 43.9 Å². The van der Waals surface area contributed by atoms with Crippen molar-refractivity contribution in [3.05, 3.63) is 70.7 Å². The van der Waals surface area contributed by atoms with E-state index < -0.39 is 0 Å². The van der Waals surface area contributed by atoms with Crippen LogP contribution >= 0.6 is 0 Å². The van der Waals surface area contributed by atoms with Gasteiger partial charge in [0.15, 0.2) is 0 Å².